The Balaban J connectivity index is 2.13. The minimum Gasteiger partial charge on any atom is -0.352 e. The fourth-order valence-electron chi connectivity index (χ4n) is 1.81. The van der Waals surface area contributed by atoms with Crippen molar-refractivity contribution >= 4 is 11.6 Å². The lowest BCUT2D eigenvalue weighted by atomic mass is 9.87. The van der Waals surface area contributed by atoms with Gasteiger partial charge in [0, 0.05) is 11.4 Å². The normalized spacial score (nSPS) is 31.2. The van der Waals surface area contributed by atoms with Crippen LogP contribution in [-0.2, 0) is 10.3 Å². The summed E-state index contributed by atoms with van der Waals surface area (Å²) in [6, 6.07) is 7.85. The molecule has 1 N–H and O–H groups in total. The summed E-state index contributed by atoms with van der Waals surface area (Å²) in [4.78, 5) is 0. The van der Waals surface area contributed by atoms with Gasteiger partial charge in [0.25, 0.3) is 0 Å². The van der Waals surface area contributed by atoms with Crippen molar-refractivity contribution in [2.45, 2.75) is 25.2 Å². The second-order valence-corrected chi connectivity index (χ2v) is 4.27. The van der Waals surface area contributed by atoms with E-state index in [2.05, 4.69) is 12.2 Å². The minimum absolute atomic E-state index is 0.141. The average Bonchev–Trinajstić information content (AvgIpc) is 2.14. The Morgan fingerprint density at radius 2 is 2.00 bits per heavy atom. The molecule has 0 saturated carbocycles. The van der Waals surface area contributed by atoms with Gasteiger partial charge in [-0.2, -0.15) is 0 Å². The predicted molar refractivity (Wildman–Crippen MR) is 57.4 cm³/mol. The average molecular weight is 212 g/mol. The molecule has 1 aliphatic rings. The number of hydrogen-bond acceptors (Lipinski definition) is 2. The van der Waals surface area contributed by atoms with Gasteiger partial charge in [-0.15, -0.1) is 0 Å². The molecule has 14 heavy (non-hydrogen) atoms. The van der Waals surface area contributed by atoms with Crippen molar-refractivity contribution in [3.8, 4) is 0 Å². The van der Waals surface area contributed by atoms with Gasteiger partial charge in [0.1, 0.15) is 6.23 Å². The third kappa shape index (κ3) is 1.65. The van der Waals surface area contributed by atoms with Crippen LogP contribution in [0.1, 0.15) is 18.9 Å². The highest BCUT2D eigenvalue weighted by Gasteiger charge is 2.41. The fraction of sp³-hybridized carbons (Fsp3) is 0.455. The molecular weight excluding hydrogens is 198 g/mol. The van der Waals surface area contributed by atoms with Crippen LogP contribution in [0.15, 0.2) is 24.3 Å². The standard InChI is InChI=1S/C11H14ClNO/c1-11(7-10(13-2)14-11)8-3-5-9(12)6-4-8/h3-6,10,13H,7H2,1-2H3. The van der Waals surface area contributed by atoms with Crippen LogP contribution in [0.2, 0.25) is 5.02 Å². The smallest absolute Gasteiger partial charge is 0.112 e. The first-order chi connectivity index (χ1) is 6.64. The van der Waals surface area contributed by atoms with Crippen LogP contribution in [0.4, 0.5) is 0 Å². The summed E-state index contributed by atoms with van der Waals surface area (Å²) >= 11 is 5.83. The summed E-state index contributed by atoms with van der Waals surface area (Å²) in [5.74, 6) is 0. The zero-order valence-corrected chi connectivity index (χ0v) is 9.14. The largest absolute Gasteiger partial charge is 0.352 e. The zero-order chi connectivity index (χ0) is 10.2. The van der Waals surface area contributed by atoms with E-state index in [9.17, 15) is 0 Å². The Labute approximate surface area is 89.2 Å². The third-order valence-corrected chi connectivity index (χ3v) is 3.01. The van der Waals surface area contributed by atoms with Crippen LogP contribution < -0.4 is 5.32 Å². The third-order valence-electron chi connectivity index (χ3n) is 2.75. The molecule has 1 aliphatic heterocycles. The Hall–Kier alpha value is -0.570. The van der Waals surface area contributed by atoms with E-state index in [1.165, 1.54) is 5.56 Å². The Morgan fingerprint density at radius 3 is 2.50 bits per heavy atom. The zero-order valence-electron chi connectivity index (χ0n) is 8.38. The first-order valence-electron chi connectivity index (χ1n) is 4.75. The lowest BCUT2D eigenvalue weighted by Crippen LogP contribution is -2.51. The second kappa shape index (κ2) is 3.54. The van der Waals surface area contributed by atoms with Crippen LogP contribution in [0.3, 0.4) is 0 Å². The first kappa shape index (κ1) is 9.97. The molecule has 0 spiro atoms. The number of nitrogens with one attached hydrogen (secondary N) is 1. The summed E-state index contributed by atoms with van der Waals surface area (Å²) in [5.41, 5.74) is 1.05. The fourth-order valence-corrected chi connectivity index (χ4v) is 1.93. The maximum absolute atomic E-state index is 5.83. The van der Waals surface area contributed by atoms with E-state index in [0.29, 0.717) is 0 Å². The molecule has 0 radical (unpaired) electrons. The summed E-state index contributed by atoms with van der Waals surface area (Å²) in [7, 11) is 1.91. The van der Waals surface area contributed by atoms with Gasteiger partial charge in [-0.3, -0.25) is 5.32 Å². The highest BCUT2D eigenvalue weighted by molar-refractivity contribution is 6.30. The minimum atomic E-state index is -0.141. The molecule has 1 heterocycles. The van der Waals surface area contributed by atoms with Crippen LogP contribution in [0, 0.1) is 0 Å². The molecule has 1 saturated heterocycles. The molecule has 2 nitrogen and oxygen atoms in total. The van der Waals surface area contributed by atoms with Crippen molar-refractivity contribution in [3.63, 3.8) is 0 Å². The molecule has 1 fully saturated rings. The molecule has 3 heteroatoms. The SMILES string of the molecule is CNC1CC(C)(c2ccc(Cl)cc2)O1. The summed E-state index contributed by atoms with van der Waals surface area (Å²) in [5, 5.41) is 3.86. The van der Waals surface area contributed by atoms with Gasteiger partial charge < -0.3 is 4.74 Å². The summed E-state index contributed by atoms with van der Waals surface area (Å²) in [6.07, 6.45) is 1.20. The van der Waals surface area contributed by atoms with Crippen LogP contribution in [0.5, 0.6) is 0 Å². The molecule has 2 rings (SSSR count). The monoisotopic (exact) mass is 211 g/mol. The van der Waals surface area contributed by atoms with Crippen molar-refractivity contribution in [2.24, 2.45) is 0 Å². The number of rotatable bonds is 2. The van der Waals surface area contributed by atoms with Crippen LogP contribution in [0.25, 0.3) is 0 Å². The molecule has 76 valence electrons. The first-order valence-corrected chi connectivity index (χ1v) is 5.13. The molecule has 1 aromatic rings. The Morgan fingerprint density at radius 1 is 1.43 bits per heavy atom. The van der Waals surface area contributed by atoms with Crippen LogP contribution >= 0.6 is 11.6 Å². The van der Waals surface area contributed by atoms with E-state index in [0.717, 1.165) is 11.4 Å². The number of ether oxygens (including phenoxy) is 1. The van der Waals surface area contributed by atoms with Gasteiger partial charge in [0.05, 0.1) is 5.60 Å². The van der Waals surface area contributed by atoms with Gasteiger partial charge in [-0.25, -0.2) is 0 Å². The molecule has 0 amide bonds. The highest BCUT2D eigenvalue weighted by Crippen LogP contribution is 2.40. The van der Waals surface area contributed by atoms with Gasteiger partial charge in [0.2, 0.25) is 0 Å². The molecule has 0 bridgehead atoms. The van der Waals surface area contributed by atoms with Crippen molar-refractivity contribution in [3.05, 3.63) is 34.9 Å². The van der Waals surface area contributed by atoms with Crippen LogP contribution in [-0.4, -0.2) is 13.3 Å². The predicted octanol–water partition coefficient (Wildman–Crippen LogP) is 2.52. The van der Waals surface area contributed by atoms with E-state index in [1.807, 2.05) is 31.3 Å². The van der Waals surface area contributed by atoms with Gasteiger partial charge in [-0.05, 0) is 31.7 Å². The van der Waals surface area contributed by atoms with E-state index < -0.39 is 0 Å². The summed E-state index contributed by atoms with van der Waals surface area (Å²) < 4.78 is 5.75. The lowest BCUT2D eigenvalue weighted by molar-refractivity contribution is -0.212. The van der Waals surface area contributed by atoms with Crippen molar-refractivity contribution in [1.29, 1.82) is 0 Å². The Bertz CT molecular complexity index is 317. The molecule has 2 atom stereocenters. The van der Waals surface area contributed by atoms with E-state index in [1.54, 1.807) is 0 Å². The second-order valence-electron chi connectivity index (χ2n) is 3.84. The molecule has 2 unspecified atom stereocenters. The highest BCUT2D eigenvalue weighted by atomic mass is 35.5. The van der Waals surface area contributed by atoms with Crippen molar-refractivity contribution in [2.75, 3.05) is 7.05 Å². The Kier molecular flexibility index (Phi) is 2.52. The van der Waals surface area contributed by atoms with E-state index in [4.69, 9.17) is 16.3 Å². The topological polar surface area (TPSA) is 21.3 Å². The lowest BCUT2D eigenvalue weighted by Gasteiger charge is -2.45. The van der Waals surface area contributed by atoms with Gasteiger partial charge in [-0.1, -0.05) is 23.7 Å². The summed E-state index contributed by atoms with van der Waals surface area (Å²) in [6.45, 7) is 2.10. The molecule has 1 aromatic carbocycles. The quantitative estimate of drug-likeness (QED) is 0.812. The van der Waals surface area contributed by atoms with Gasteiger partial charge in [0.15, 0.2) is 0 Å². The molecular formula is C11H14ClNO. The van der Waals surface area contributed by atoms with Gasteiger partial charge >= 0.3 is 0 Å². The maximum Gasteiger partial charge on any atom is 0.112 e. The molecule has 0 aliphatic carbocycles. The van der Waals surface area contributed by atoms with E-state index >= 15 is 0 Å². The molecule has 0 aromatic heterocycles. The number of hydrogen-bond donors (Lipinski definition) is 1. The number of benzene rings is 1. The maximum atomic E-state index is 5.83. The van der Waals surface area contributed by atoms with Crippen molar-refractivity contribution < 1.29 is 4.74 Å². The number of halogens is 1. The van der Waals surface area contributed by atoms with E-state index in [-0.39, 0.29) is 11.8 Å². The van der Waals surface area contributed by atoms with Crippen molar-refractivity contribution in [1.82, 2.24) is 5.32 Å².